The van der Waals surface area contributed by atoms with Crippen molar-refractivity contribution in [2.24, 2.45) is 11.8 Å². The highest BCUT2D eigenvalue weighted by molar-refractivity contribution is 7.99. The lowest BCUT2D eigenvalue weighted by Crippen LogP contribution is -2.42. The van der Waals surface area contributed by atoms with Gasteiger partial charge in [0.25, 0.3) is 0 Å². The minimum Gasteiger partial charge on any atom is -0.325 e. The molecule has 0 spiro atoms. The zero-order valence-corrected chi connectivity index (χ0v) is 19.4. The number of carbonyl (C=O) groups is 1. The second kappa shape index (κ2) is 9.49. The quantitative estimate of drug-likeness (QED) is 0.649. The number of rotatable bonds is 7. The first-order valence-electron chi connectivity index (χ1n) is 10.1. The van der Waals surface area contributed by atoms with Crippen LogP contribution in [0.5, 0.6) is 0 Å². The average molecular weight is 452 g/mol. The summed E-state index contributed by atoms with van der Waals surface area (Å²) in [4.78, 5) is 12.5. The van der Waals surface area contributed by atoms with E-state index in [1.807, 2.05) is 18.4 Å². The van der Waals surface area contributed by atoms with Crippen LogP contribution in [0.25, 0.3) is 0 Å². The number of aromatic nitrogens is 3. The van der Waals surface area contributed by atoms with Gasteiger partial charge in [0.05, 0.1) is 10.6 Å². The second-order valence-electron chi connectivity index (χ2n) is 8.24. The number of amides is 1. The zero-order valence-electron chi connectivity index (χ0n) is 17.8. The molecule has 1 aliphatic rings. The average Bonchev–Trinajstić information content (AvgIpc) is 3.15. The molecule has 1 N–H and O–H groups in total. The smallest absolute Gasteiger partial charge is 0.243 e. The fourth-order valence-corrected chi connectivity index (χ4v) is 6.20. The van der Waals surface area contributed by atoms with Gasteiger partial charge in [-0.3, -0.25) is 4.79 Å². The van der Waals surface area contributed by atoms with Crippen molar-refractivity contribution in [1.82, 2.24) is 19.1 Å². The molecule has 1 fully saturated rings. The summed E-state index contributed by atoms with van der Waals surface area (Å²) in [5.74, 6) is 0.699. The fourth-order valence-electron chi connectivity index (χ4n) is 3.68. The second-order valence-corrected chi connectivity index (χ2v) is 11.1. The monoisotopic (exact) mass is 451 g/mol. The molecule has 1 aromatic carbocycles. The maximum Gasteiger partial charge on any atom is 0.243 e. The number of nitrogens with zero attached hydrogens (tertiary/aromatic N) is 4. The lowest BCUT2D eigenvalue weighted by molar-refractivity contribution is -0.113. The Labute approximate surface area is 182 Å². The maximum atomic E-state index is 13.0. The molecule has 0 saturated carbocycles. The lowest BCUT2D eigenvalue weighted by atomic mass is 9.94. The van der Waals surface area contributed by atoms with Crippen molar-refractivity contribution in [2.75, 3.05) is 24.2 Å². The largest absolute Gasteiger partial charge is 0.325 e. The van der Waals surface area contributed by atoms with Crippen molar-refractivity contribution < 1.29 is 13.2 Å². The van der Waals surface area contributed by atoms with Crippen LogP contribution in [-0.2, 0) is 14.8 Å². The Morgan fingerprint density at radius 3 is 2.43 bits per heavy atom. The van der Waals surface area contributed by atoms with Crippen LogP contribution in [-0.4, -0.2) is 52.2 Å². The van der Waals surface area contributed by atoms with Gasteiger partial charge >= 0.3 is 0 Å². The van der Waals surface area contributed by atoms with Crippen LogP contribution in [0.1, 0.15) is 40.2 Å². The number of piperidine rings is 1. The van der Waals surface area contributed by atoms with Crippen LogP contribution in [0.15, 0.2) is 40.6 Å². The molecular weight excluding hydrogens is 422 g/mol. The fraction of sp³-hybridized carbons (Fsp3) is 0.550. The summed E-state index contributed by atoms with van der Waals surface area (Å²) >= 11 is 1.31. The Kier molecular flexibility index (Phi) is 7.20. The van der Waals surface area contributed by atoms with Crippen LogP contribution in [0, 0.1) is 11.8 Å². The Morgan fingerprint density at radius 2 is 1.83 bits per heavy atom. The Hall–Kier alpha value is -1.91. The predicted molar refractivity (Wildman–Crippen MR) is 118 cm³/mol. The molecule has 10 heteroatoms. The highest BCUT2D eigenvalue weighted by Gasteiger charge is 2.31. The number of sulfonamides is 1. The van der Waals surface area contributed by atoms with Crippen LogP contribution in [0.2, 0.25) is 0 Å². The number of hydrogen-bond donors (Lipinski definition) is 1. The van der Waals surface area contributed by atoms with E-state index in [0.29, 0.717) is 35.8 Å². The van der Waals surface area contributed by atoms with Gasteiger partial charge in [-0.05, 0) is 56.4 Å². The Balaban J connectivity index is 1.60. The normalized spacial score (nSPS) is 20.4. The van der Waals surface area contributed by atoms with Crippen LogP contribution >= 0.6 is 11.8 Å². The molecule has 1 saturated heterocycles. The van der Waals surface area contributed by atoms with E-state index < -0.39 is 10.0 Å². The topological polar surface area (TPSA) is 97.2 Å². The summed E-state index contributed by atoms with van der Waals surface area (Å²) in [6.45, 7) is 9.30. The summed E-state index contributed by atoms with van der Waals surface area (Å²) < 4.78 is 29.4. The molecule has 0 bridgehead atoms. The van der Waals surface area contributed by atoms with Gasteiger partial charge in [0.1, 0.15) is 6.33 Å². The van der Waals surface area contributed by atoms with E-state index in [4.69, 9.17) is 0 Å². The van der Waals surface area contributed by atoms with E-state index in [0.717, 1.165) is 6.42 Å². The van der Waals surface area contributed by atoms with Crippen LogP contribution in [0.4, 0.5) is 5.69 Å². The van der Waals surface area contributed by atoms with E-state index in [1.54, 1.807) is 34.9 Å². The molecule has 2 heterocycles. The molecule has 2 unspecified atom stereocenters. The first-order valence-corrected chi connectivity index (χ1v) is 12.5. The molecule has 1 amide bonds. The summed E-state index contributed by atoms with van der Waals surface area (Å²) in [6.07, 6.45) is 2.69. The zero-order chi connectivity index (χ0) is 21.9. The summed E-state index contributed by atoms with van der Waals surface area (Å²) in [5.41, 5.74) is 0.560. The number of nitrogens with one attached hydrogen (secondary N) is 1. The van der Waals surface area contributed by atoms with Crippen molar-refractivity contribution in [3.63, 3.8) is 0 Å². The first kappa shape index (κ1) is 22.8. The molecule has 164 valence electrons. The third-order valence-corrected chi connectivity index (χ3v) is 7.84. The summed E-state index contributed by atoms with van der Waals surface area (Å²) in [7, 11) is -3.53. The van der Waals surface area contributed by atoms with Gasteiger partial charge in [-0.1, -0.05) is 25.6 Å². The maximum absolute atomic E-state index is 13.0. The molecular formula is C20H29N5O3S2. The molecule has 0 radical (unpaired) electrons. The number of hydrogen-bond acceptors (Lipinski definition) is 6. The molecule has 30 heavy (non-hydrogen) atoms. The van der Waals surface area contributed by atoms with Crippen LogP contribution < -0.4 is 5.32 Å². The van der Waals surface area contributed by atoms with Gasteiger partial charge in [0, 0.05) is 24.8 Å². The van der Waals surface area contributed by atoms with Crippen molar-refractivity contribution >= 4 is 33.4 Å². The highest BCUT2D eigenvalue weighted by Crippen LogP contribution is 2.27. The first-order chi connectivity index (χ1) is 14.2. The van der Waals surface area contributed by atoms with Gasteiger partial charge in [-0.2, -0.15) is 4.31 Å². The number of carbonyl (C=O) groups excluding carboxylic acids is 1. The van der Waals surface area contributed by atoms with E-state index >= 15 is 0 Å². The van der Waals surface area contributed by atoms with Crippen molar-refractivity contribution in [1.29, 1.82) is 0 Å². The molecule has 2 aromatic rings. The molecule has 2 atom stereocenters. The highest BCUT2D eigenvalue weighted by atomic mass is 32.2. The minimum absolute atomic E-state index is 0.187. The van der Waals surface area contributed by atoms with E-state index in [-0.39, 0.29) is 22.6 Å². The third kappa shape index (κ3) is 5.41. The predicted octanol–water partition coefficient (Wildman–Crippen LogP) is 3.26. The van der Waals surface area contributed by atoms with Crippen LogP contribution in [0.3, 0.4) is 0 Å². The minimum atomic E-state index is -3.53. The molecule has 3 rings (SSSR count). The number of thioether (sulfide) groups is 1. The molecule has 1 aliphatic heterocycles. The van der Waals surface area contributed by atoms with Gasteiger partial charge in [0.2, 0.25) is 15.9 Å². The molecule has 1 aromatic heterocycles. The molecule has 0 aliphatic carbocycles. The SMILES string of the molecule is CC1CC(C)CN(S(=O)(=O)c2ccc(NC(=O)CSc3nncn3C(C)C)cc2)C1. The Bertz CT molecular complexity index is 963. The van der Waals surface area contributed by atoms with Crippen molar-refractivity contribution in [3.05, 3.63) is 30.6 Å². The lowest BCUT2D eigenvalue weighted by Gasteiger charge is -2.34. The van der Waals surface area contributed by atoms with Crippen molar-refractivity contribution in [2.45, 2.75) is 50.2 Å². The number of benzene rings is 1. The summed E-state index contributed by atoms with van der Waals surface area (Å²) in [5, 5.41) is 11.4. The van der Waals surface area contributed by atoms with E-state index in [9.17, 15) is 13.2 Å². The van der Waals surface area contributed by atoms with Crippen molar-refractivity contribution in [3.8, 4) is 0 Å². The Morgan fingerprint density at radius 1 is 1.20 bits per heavy atom. The van der Waals surface area contributed by atoms with E-state index in [1.165, 1.54) is 11.8 Å². The third-order valence-electron chi connectivity index (χ3n) is 5.04. The molecule has 8 nitrogen and oxygen atoms in total. The van der Waals surface area contributed by atoms with E-state index in [2.05, 4.69) is 29.4 Å². The van der Waals surface area contributed by atoms with Gasteiger partial charge < -0.3 is 9.88 Å². The van der Waals surface area contributed by atoms with Gasteiger partial charge in [-0.25, -0.2) is 8.42 Å². The standard InChI is InChI=1S/C20H29N5O3S2/c1-14(2)25-13-21-23-20(25)29-12-19(26)22-17-5-7-18(8-6-17)30(27,28)24-10-15(3)9-16(4)11-24/h5-8,13-16H,9-12H2,1-4H3,(H,22,26). The number of anilines is 1. The van der Waals surface area contributed by atoms with Gasteiger partial charge in [0.15, 0.2) is 5.16 Å². The summed E-state index contributed by atoms with van der Waals surface area (Å²) in [6, 6.07) is 6.58. The van der Waals surface area contributed by atoms with Gasteiger partial charge in [-0.15, -0.1) is 10.2 Å².